The van der Waals surface area contributed by atoms with Crippen molar-refractivity contribution in [3.05, 3.63) is 64.7 Å². The van der Waals surface area contributed by atoms with E-state index in [0.717, 1.165) is 29.7 Å². The first-order valence-electron chi connectivity index (χ1n) is 7.72. The van der Waals surface area contributed by atoms with Gasteiger partial charge in [-0.25, -0.2) is 0 Å². The van der Waals surface area contributed by atoms with Crippen LogP contribution >= 0.6 is 0 Å². The summed E-state index contributed by atoms with van der Waals surface area (Å²) in [5, 5.41) is 10.6. The Bertz CT molecular complexity index is 573. The molecule has 2 heteroatoms. The summed E-state index contributed by atoms with van der Waals surface area (Å²) in [5.74, 6) is 0.837. The molecule has 0 spiro atoms. The monoisotopic (exact) mass is 284 g/mol. The van der Waals surface area contributed by atoms with Gasteiger partial charge in [0.15, 0.2) is 0 Å². The highest BCUT2D eigenvalue weighted by atomic mass is 16.5. The third kappa shape index (κ3) is 3.64. The van der Waals surface area contributed by atoms with Crippen molar-refractivity contribution >= 4 is 0 Å². The van der Waals surface area contributed by atoms with E-state index in [-0.39, 0.29) is 0 Å². The number of aryl methyl sites for hydroxylation is 2. The molecule has 2 aromatic carbocycles. The van der Waals surface area contributed by atoms with Crippen LogP contribution in [0.25, 0.3) is 0 Å². The van der Waals surface area contributed by atoms with Crippen molar-refractivity contribution in [3.8, 4) is 5.75 Å². The summed E-state index contributed by atoms with van der Waals surface area (Å²) in [6, 6.07) is 13.9. The minimum absolute atomic E-state index is 0.586. The average molecular weight is 284 g/mol. The van der Waals surface area contributed by atoms with Crippen LogP contribution in [-0.2, 0) is 12.8 Å². The van der Waals surface area contributed by atoms with Gasteiger partial charge in [-0.05, 0) is 54.2 Å². The first kappa shape index (κ1) is 15.6. The first-order chi connectivity index (χ1) is 10.2. The zero-order chi connectivity index (χ0) is 15.2. The van der Waals surface area contributed by atoms with Crippen LogP contribution in [0.2, 0.25) is 0 Å². The number of aliphatic hydroxyl groups excluding tert-OH is 1. The maximum Gasteiger partial charge on any atom is 0.119 e. The number of hydrogen-bond donors (Lipinski definition) is 1. The van der Waals surface area contributed by atoms with Gasteiger partial charge < -0.3 is 9.84 Å². The Morgan fingerprint density at radius 2 is 1.48 bits per heavy atom. The van der Waals surface area contributed by atoms with E-state index in [1.165, 1.54) is 11.1 Å². The van der Waals surface area contributed by atoms with Gasteiger partial charge in [-0.15, -0.1) is 0 Å². The molecule has 112 valence electrons. The van der Waals surface area contributed by atoms with Crippen LogP contribution in [0.5, 0.6) is 5.75 Å². The van der Waals surface area contributed by atoms with Gasteiger partial charge in [-0.3, -0.25) is 0 Å². The summed E-state index contributed by atoms with van der Waals surface area (Å²) >= 11 is 0. The molecule has 1 atom stereocenters. The summed E-state index contributed by atoms with van der Waals surface area (Å²) in [4.78, 5) is 0. The molecule has 1 N–H and O–H groups in total. The lowest BCUT2D eigenvalue weighted by Gasteiger charge is -2.15. The van der Waals surface area contributed by atoms with Gasteiger partial charge in [0.1, 0.15) is 11.9 Å². The highest BCUT2D eigenvalue weighted by Gasteiger charge is 2.12. The van der Waals surface area contributed by atoms with E-state index in [9.17, 15) is 5.11 Å². The van der Waals surface area contributed by atoms with Gasteiger partial charge in [0.2, 0.25) is 0 Å². The van der Waals surface area contributed by atoms with Crippen molar-refractivity contribution in [2.45, 2.75) is 39.7 Å². The lowest BCUT2D eigenvalue weighted by atomic mass is 9.95. The Hall–Kier alpha value is -1.80. The zero-order valence-electron chi connectivity index (χ0n) is 13.1. The van der Waals surface area contributed by atoms with Crippen molar-refractivity contribution in [3.63, 3.8) is 0 Å². The van der Waals surface area contributed by atoms with Gasteiger partial charge in [-0.2, -0.15) is 0 Å². The Morgan fingerprint density at radius 1 is 0.857 bits per heavy atom. The Morgan fingerprint density at radius 3 is 2.05 bits per heavy atom. The molecule has 0 radical (unpaired) electrons. The summed E-state index contributed by atoms with van der Waals surface area (Å²) in [7, 11) is 0. The van der Waals surface area contributed by atoms with Crippen molar-refractivity contribution in [1.82, 2.24) is 0 Å². The standard InChI is InChI=1S/C19H24O2/c1-4-14-7-8-17(13-15(14)5-2)19(20)16-9-11-18(12-10-16)21-6-3/h7-13,19-20H,4-6H2,1-3H3. The van der Waals surface area contributed by atoms with E-state index in [1.807, 2.05) is 37.3 Å². The van der Waals surface area contributed by atoms with Crippen LogP contribution < -0.4 is 4.74 Å². The molecule has 0 saturated heterocycles. The molecule has 0 aliphatic carbocycles. The van der Waals surface area contributed by atoms with Crippen molar-refractivity contribution < 1.29 is 9.84 Å². The summed E-state index contributed by atoms with van der Waals surface area (Å²) in [6.45, 7) is 6.93. The second-order valence-corrected chi connectivity index (χ2v) is 5.14. The average Bonchev–Trinajstić information content (AvgIpc) is 2.54. The maximum absolute atomic E-state index is 10.6. The minimum atomic E-state index is -0.586. The summed E-state index contributed by atoms with van der Waals surface area (Å²) < 4.78 is 5.43. The Labute approximate surface area is 127 Å². The number of benzene rings is 2. The topological polar surface area (TPSA) is 29.5 Å². The van der Waals surface area contributed by atoms with E-state index in [1.54, 1.807) is 0 Å². The van der Waals surface area contributed by atoms with Crippen LogP contribution in [0.1, 0.15) is 49.1 Å². The quantitative estimate of drug-likeness (QED) is 0.857. The van der Waals surface area contributed by atoms with Gasteiger partial charge in [0.25, 0.3) is 0 Å². The van der Waals surface area contributed by atoms with E-state index in [2.05, 4.69) is 26.0 Å². The third-order valence-electron chi connectivity index (χ3n) is 3.81. The van der Waals surface area contributed by atoms with Crippen molar-refractivity contribution in [1.29, 1.82) is 0 Å². The maximum atomic E-state index is 10.6. The van der Waals surface area contributed by atoms with Crippen LogP contribution in [0.3, 0.4) is 0 Å². The normalized spacial score (nSPS) is 12.2. The number of aliphatic hydroxyl groups is 1. The van der Waals surface area contributed by atoms with E-state index in [4.69, 9.17) is 4.74 Å². The van der Waals surface area contributed by atoms with E-state index < -0.39 is 6.10 Å². The van der Waals surface area contributed by atoms with Gasteiger partial charge in [0, 0.05) is 0 Å². The fraction of sp³-hybridized carbons (Fsp3) is 0.368. The van der Waals surface area contributed by atoms with E-state index in [0.29, 0.717) is 6.61 Å². The molecule has 0 bridgehead atoms. The molecular formula is C19H24O2. The summed E-state index contributed by atoms with van der Waals surface area (Å²) in [5.41, 5.74) is 4.53. The molecule has 21 heavy (non-hydrogen) atoms. The second-order valence-electron chi connectivity index (χ2n) is 5.14. The van der Waals surface area contributed by atoms with Crippen LogP contribution in [-0.4, -0.2) is 11.7 Å². The highest BCUT2D eigenvalue weighted by Crippen LogP contribution is 2.26. The molecule has 2 aromatic rings. The largest absolute Gasteiger partial charge is 0.494 e. The van der Waals surface area contributed by atoms with Gasteiger partial charge >= 0.3 is 0 Å². The van der Waals surface area contributed by atoms with Crippen LogP contribution in [0.15, 0.2) is 42.5 Å². The van der Waals surface area contributed by atoms with Gasteiger partial charge in [-0.1, -0.05) is 44.2 Å². The molecule has 0 aliphatic heterocycles. The minimum Gasteiger partial charge on any atom is -0.494 e. The third-order valence-corrected chi connectivity index (χ3v) is 3.81. The van der Waals surface area contributed by atoms with Crippen LogP contribution in [0, 0.1) is 0 Å². The molecule has 2 rings (SSSR count). The zero-order valence-corrected chi connectivity index (χ0v) is 13.1. The molecule has 0 amide bonds. The molecule has 0 saturated carbocycles. The SMILES string of the molecule is CCOc1ccc(C(O)c2ccc(CC)c(CC)c2)cc1. The van der Waals surface area contributed by atoms with E-state index >= 15 is 0 Å². The molecule has 2 nitrogen and oxygen atoms in total. The Kier molecular flexibility index (Phi) is 5.40. The lowest BCUT2D eigenvalue weighted by molar-refractivity contribution is 0.220. The molecule has 0 fully saturated rings. The molecule has 0 heterocycles. The van der Waals surface area contributed by atoms with Crippen LogP contribution in [0.4, 0.5) is 0 Å². The predicted molar refractivity (Wildman–Crippen MR) is 86.9 cm³/mol. The summed E-state index contributed by atoms with van der Waals surface area (Å²) in [6.07, 6.45) is 1.44. The number of hydrogen-bond acceptors (Lipinski definition) is 2. The number of rotatable bonds is 6. The van der Waals surface area contributed by atoms with Crippen molar-refractivity contribution in [2.75, 3.05) is 6.61 Å². The lowest BCUT2D eigenvalue weighted by Crippen LogP contribution is -2.02. The molecule has 1 unspecified atom stereocenters. The second kappa shape index (κ2) is 7.28. The molecule has 0 aliphatic rings. The predicted octanol–water partition coefficient (Wildman–Crippen LogP) is 4.29. The molecule has 0 aromatic heterocycles. The van der Waals surface area contributed by atoms with Crippen molar-refractivity contribution in [2.24, 2.45) is 0 Å². The fourth-order valence-electron chi connectivity index (χ4n) is 2.60. The Balaban J connectivity index is 2.24. The fourth-order valence-corrected chi connectivity index (χ4v) is 2.60. The first-order valence-corrected chi connectivity index (χ1v) is 7.72. The smallest absolute Gasteiger partial charge is 0.119 e. The molecular weight excluding hydrogens is 260 g/mol. The highest BCUT2D eigenvalue weighted by molar-refractivity contribution is 5.38. The number of ether oxygens (including phenoxy) is 1. The van der Waals surface area contributed by atoms with Gasteiger partial charge in [0.05, 0.1) is 6.61 Å².